The van der Waals surface area contributed by atoms with Crippen LogP contribution in [0.15, 0.2) is 36.9 Å². The second-order valence-electron chi connectivity index (χ2n) is 4.83. The molecule has 1 atom stereocenters. The Morgan fingerprint density at radius 1 is 1.32 bits per heavy atom. The van der Waals surface area contributed by atoms with Crippen molar-refractivity contribution in [2.24, 2.45) is 0 Å². The predicted molar refractivity (Wildman–Crippen MR) is 78.2 cm³/mol. The van der Waals surface area contributed by atoms with Crippen molar-refractivity contribution in [3.63, 3.8) is 0 Å². The number of nitrogens with one attached hydrogen (secondary N) is 1. The maximum Gasteiger partial charge on any atom is 0.137 e. The monoisotopic (exact) mass is 258 g/mol. The molecule has 0 fully saturated rings. The Bertz CT molecular complexity index is 479. The van der Waals surface area contributed by atoms with Gasteiger partial charge in [0.1, 0.15) is 12.7 Å². The van der Waals surface area contributed by atoms with Crippen LogP contribution in [-0.2, 0) is 6.54 Å². The van der Waals surface area contributed by atoms with Crippen molar-refractivity contribution in [3.05, 3.63) is 42.5 Å². The molecule has 4 nitrogen and oxygen atoms in total. The van der Waals surface area contributed by atoms with Crippen molar-refractivity contribution in [3.8, 4) is 0 Å². The molecule has 0 amide bonds. The van der Waals surface area contributed by atoms with E-state index in [9.17, 15) is 0 Å². The molecule has 102 valence electrons. The average Bonchev–Trinajstić information content (AvgIpc) is 2.91. The number of hydrogen-bond donors (Lipinski definition) is 1. The SMILES string of the molecule is CCCC(CC)Nc1cccc(Cn2cncn2)c1. The number of aromatic nitrogens is 3. The molecule has 0 aliphatic heterocycles. The molecule has 1 heterocycles. The lowest BCUT2D eigenvalue weighted by Crippen LogP contribution is -2.18. The van der Waals surface area contributed by atoms with Gasteiger partial charge in [0.25, 0.3) is 0 Å². The van der Waals surface area contributed by atoms with Crippen LogP contribution in [0.25, 0.3) is 0 Å². The summed E-state index contributed by atoms with van der Waals surface area (Å²) >= 11 is 0. The molecule has 1 unspecified atom stereocenters. The van der Waals surface area contributed by atoms with E-state index in [-0.39, 0.29) is 0 Å². The fourth-order valence-corrected chi connectivity index (χ4v) is 2.22. The Balaban J connectivity index is 2.02. The minimum Gasteiger partial charge on any atom is -0.382 e. The zero-order valence-corrected chi connectivity index (χ0v) is 11.7. The number of nitrogens with zero attached hydrogens (tertiary/aromatic N) is 3. The van der Waals surface area contributed by atoms with E-state index in [4.69, 9.17) is 0 Å². The van der Waals surface area contributed by atoms with Crippen LogP contribution >= 0.6 is 0 Å². The standard InChI is InChI=1S/C15H22N4/c1-3-6-14(4-2)18-15-8-5-7-13(9-15)10-19-12-16-11-17-19/h5,7-9,11-12,14,18H,3-4,6,10H2,1-2H3. The summed E-state index contributed by atoms with van der Waals surface area (Å²) in [5.41, 5.74) is 2.43. The van der Waals surface area contributed by atoms with E-state index in [1.165, 1.54) is 24.1 Å². The smallest absolute Gasteiger partial charge is 0.137 e. The Labute approximate surface area is 114 Å². The molecule has 1 N–H and O–H groups in total. The highest BCUT2D eigenvalue weighted by atomic mass is 15.3. The second-order valence-corrected chi connectivity index (χ2v) is 4.83. The van der Waals surface area contributed by atoms with E-state index in [0.29, 0.717) is 6.04 Å². The van der Waals surface area contributed by atoms with Gasteiger partial charge in [0.05, 0.1) is 6.54 Å². The van der Waals surface area contributed by atoms with E-state index >= 15 is 0 Å². The summed E-state index contributed by atoms with van der Waals surface area (Å²) in [4.78, 5) is 3.96. The van der Waals surface area contributed by atoms with Gasteiger partial charge in [-0.15, -0.1) is 0 Å². The van der Waals surface area contributed by atoms with Crippen molar-refractivity contribution < 1.29 is 0 Å². The first-order chi connectivity index (χ1) is 9.31. The van der Waals surface area contributed by atoms with Crippen molar-refractivity contribution in [1.29, 1.82) is 0 Å². The largest absolute Gasteiger partial charge is 0.382 e. The van der Waals surface area contributed by atoms with Crippen molar-refractivity contribution in [1.82, 2.24) is 14.8 Å². The molecular weight excluding hydrogens is 236 g/mol. The molecule has 19 heavy (non-hydrogen) atoms. The highest BCUT2D eigenvalue weighted by Gasteiger charge is 2.05. The Hall–Kier alpha value is -1.84. The first-order valence-electron chi connectivity index (χ1n) is 6.99. The third-order valence-corrected chi connectivity index (χ3v) is 3.24. The number of rotatable bonds is 7. The van der Waals surface area contributed by atoms with Gasteiger partial charge >= 0.3 is 0 Å². The maximum atomic E-state index is 4.13. The molecule has 0 bridgehead atoms. The molecule has 2 aromatic rings. The Kier molecular flexibility index (Phi) is 4.95. The molecule has 2 rings (SSSR count). The van der Waals surface area contributed by atoms with Crippen LogP contribution in [0.1, 0.15) is 38.7 Å². The summed E-state index contributed by atoms with van der Waals surface area (Å²) < 4.78 is 1.84. The quantitative estimate of drug-likeness (QED) is 0.828. The maximum absolute atomic E-state index is 4.13. The summed E-state index contributed by atoms with van der Waals surface area (Å²) in [6, 6.07) is 9.09. The van der Waals surface area contributed by atoms with Crippen molar-refractivity contribution >= 4 is 5.69 Å². The third kappa shape index (κ3) is 4.09. The molecule has 4 heteroatoms. The van der Waals surface area contributed by atoms with Crippen LogP contribution in [0, 0.1) is 0 Å². The van der Waals surface area contributed by atoms with E-state index in [1.54, 1.807) is 12.7 Å². The van der Waals surface area contributed by atoms with Crippen LogP contribution in [0.4, 0.5) is 5.69 Å². The van der Waals surface area contributed by atoms with Crippen LogP contribution in [-0.4, -0.2) is 20.8 Å². The predicted octanol–water partition coefficient (Wildman–Crippen LogP) is 3.32. The molecule has 0 aliphatic carbocycles. The van der Waals surface area contributed by atoms with Gasteiger partial charge in [-0.25, -0.2) is 9.67 Å². The normalized spacial score (nSPS) is 12.3. The van der Waals surface area contributed by atoms with Crippen LogP contribution in [0.3, 0.4) is 0 Å². The molecule has 0 saturated carbocycles. The van der Waals surface area contributed by atoms with Gasteiger partial charge in [0, 0.05) is 11.7 Å². The third-order valence-electron chi connectivity index (χ3n) is 3.24. The van der Waals surface area contributed by atoms with Crippen molar-refractivity contribution in [2.75, 3.05) is 5.32 Å². The van der Waals surface area contributed by atoms with Gasteiger partial charge in [-0.3, -0.25) is 0 Å². The summed E-state index contributed by atoms with van der Waals surface area (Å²) in [6.45, 7) is 5.22. The summed E-state index contributed by atoms with van der Waals surface area (Å²) in [5.74, 6) is 0. The first kappa shape index (κ1) is 13.6. The van der Waals surface area contributed by atoms with E-state index in [2.05, 4.69) is 53.5 Å². The van der Waals surface area contributed by atoms with Crippen LogP contribution in [0.5, 0.6) is 0 Å². The minimum atomic E-state index is 0.562. The second kappa shape index (κ2) is 6.92. The molecule has 1 aromatic carbocycles. The summed E-state index contributed by atoms with van der Waals surface area (Å²) in [5, 5.41) is 7.74. The van der Waals surface area contributed by atoms with E-state index in [0.717, 1.165) is 13.0 Å². The zero-order valence-electron chi connectivity index (χ0n) is 11.7. The van der Waals surface area contributed by atoms with Gasteiger partial charge in [-0.2, -0.15) is 5.10 Å². The number of anilines is 1. The number of hydrogen-bond acceptors (Lipinski definition) is 3. The summed E-state index contributed by atoms with van der Waals surface area (Å²) in [7, 11) is 0. The molecule has 0 spiro atoms. The lowest BCUT2D eigenvalue weighted by atomic mass is 10.1. The van der Waals surface area contributed by atoms with Gasteiger partial charge in [0.2, 0.25) is 0 Å². The Morgan fingerprint density at radius 2 is 2.21 bits per heavy atom. The molecule has 1 aromatic heterocycles. The highest BCUT2D eigenvalue weighted by Crippen LogP contribution is 2.15. The van der Waals surface area contributed by atoms with E-state index in [1.807, 2.05) is 4.68 Å². The van der Waals surface area contributed by atoms with Gasteiger partial charge < -0.3 is 5.32 Å². The fraction of sp³-hybridized carbons (Fsp3) is 0.467. The van der Waals surface area contributed by atoms with Gasteiger partial charge in [-0.05, 0) is 30.5 Å². The highest BCUT2D eigenvalue weighted by molar-refractivity contribution is 5.46. The van der Waals surface area contributed by atoms with Crippen LogP contribution in [0.2, 0.25) is 0 Å². The van der Waals surface area contributed by atoms with Crippen molar-refractivity contribution in [2.45, 2.75) is 45.7 Å². The topological polar surface area (TPSA) is 42.7 Å². The fourth-order valence-electron chi connectivity index (χ4n) is 2.22. The molecule has 0 saturated heterocycles. The number of benzene rings is 1. The lowest BCUT2D eigenvalue weighted by molar-refractivity contribution is 0.622. The van der Waals surface area contributed by atoms with Gasteiger partial charge in [0.15, 0.2) is 0 Å². The molecular formula is C15H22N4. The average molecular weight is 258 g/mol. The lowest BCUT2D eigenvalue weighted by Gasteiger charge is -2.18. The molecule has 0 radical (unpaired) electrons. The minimum absolute atomic E-state index is 0.562. The van der Waals surface area contributed by atoms with E-state index < -0.39 is 0 Å². The van der Waals surface area contributed by atoms with Crippen LogP contribution < -0.4 is 5.32 Å². The zero-order chi connectivity index (χ0) is 13.5. The molecule has 0 aliphatic rings. The first-order valence-corrected chi connectivity index (χ1v) is 6.99. The van der Waals surface area contributed by atoms with Gasteiger partial charge in [-0.1, -0.05) is 32.4 Å². The Morgan fingerprint density at radius 3 is 2.89 bits per heavy atom. The summed E-state index contributed by atoms with van der Waals surface area (Å²) in [6.07, 6.45) is 6.89.